The topological polar surface area (TPSA) is 75.3 Å². The van der Waals surface area contributed by atoms with Crippen molar-refractivity contribution in [3.63, 3.8) is 0 Å². The van der Waals surface area contributed by atoms with E-state index in [0.717, 1.165) is 0 Å². The van der Waals surface area contributed by atoms with Gasteiger partial charge in [-0.3, -0.25) is 14.4 Å². The highest BCUT2D eigenvalue weighted by Gasteiger charge is 2.12. The van der Waals surface area contributed by atoms with Crippen molar-refractivity contribution in [2.45, 2.75) is 19.9 Å². The summed E-state index contributed by atoms with van der Waals surface area (Å²) in [6, 6.07) is 8.07. The highest BCUT2D eigenvalue weighted by Crippen LogP contribution is 1.97. The van der Waals surface area contributed by atoms with Crippen LogP contribution in [-0.2, 0) is 9.59 Å². The lowest BCUT2D eigenvalue weighted by Crippen LogP contribution is -2.43. The Morgan fingerprint density at radius 1 is 1.17 bits per heavy atom. The Hall–Kier alpha value is -2.17. The smallest absolute Gasteiger partial charge is 0.251 e. The number of benzene rings is 1. The number of ketones is 1. The van der Waals surface area contributed by atoms with E-state index >= 15 is 0 Å². The summed E-state index contributed by atoms with van der Waals surface area (Å²) in [6.07, 6.45) is 0. The number of hydrogen-bond acceptors (Lipinski definition) is 3. The third-order valence-electron chi connectivity index (χ3n) is 2.43. The molecule has 0 saturated carbocycles. The Bertz CT molecular complexity index is 443. The number of amides is 2. The molecule has 0 saturated heterocycles. The van der Waals surface area contributed by atoms with Gasteiger partial charge in [-0.1, -0.05) is 18.2 Å². The number of nitrogens with one attached hydrogen (secondary N) is 2. The second-order valence-corrected chi connectivity index (χ2v) is 3.95. The molecule has 0 heterocycles. The van der Waals surface area contributed by atoms with E-state index in [-0.39, 0.29) is 24.1 Å². The monoisotopic (exact) mass is 248 g/mol. The summed E-state index contributed by atoms with van der Waals surface area (Å²) in [5.74, 6) is -0.832. The maximum atomic E-state index is 11.6. The maximum Gasteiger partial charge on any atom is 0.251 e. The Balaban J connectivity index is 2.40. The summed E-state index contributed by atoms with van der Waals surface area (Å²) >= 11 is 0. The first-order chi connectivity index (χ1) is 8.50. The molecule has 0 fully saturated rings. The van der Waals surface area contributed by atoms with Crippen molar-refractivity contribution in [3.8, 4) is 0 Å². The normalized spacial score (nSPS) is 11.4. The van der Waals surface area contributed by atoms with Gasteiger partial charge in [0.2, 0.25) is 5.91 Å². The van der Waals surface area contributed by atoms with E-state index < -0.39 is 6.04 Å². The highest BCUT2D eigenvalue weighted by molar-refractivity contribution is 5.97. The molecule has 5 nitrogen and oxygen atoms in total. The van der Waals surface area contributed by atoms with Crippen molar-refractivity contribution in [2.75, 3.05) is 6.54 Å². The Kier molecular flexibility index (Phi) is 5.05. The summed E-state index contributed by atoms with van der Waals surface area (Å²) in [7, 11) is 0. The molecule has 1 unspecified atom stereocenters. The van der Waals surface area contributed by atoms with Crippen LogP contribution < -0.4 is 10.6 Å². The van der Waals surface area contributed by atoms with Crippen LogP contribution in [-0.4, -0.2) is 30.2 Å². The zero-order valence-corrected chi connectivity index (χ0v) is 10.4. The molecular weight excluding hydrogens is 232 g/mol. The SMILES string of the molecule is CC(=O)C(C)NC(=O)CNC(=O)c1ccccc1. The lowest BCUT2D eigenvalue weighted by atomic mass is 10.2. The second kappa shape index (κ2) is 6.54. The molecule has 0 radical (unpaired) electrons. The van der Waals surface area contributed by atoms with E-state index in [4.69, 9.17) is 0 Å². The third-order valence-corrected chi connectivity index (χ3v) is 2.43. The molecule has 0 aliphatic rings. The Morgan fingerprint density at radius 2 is 1.78 bits per heavy atom. The summed E-state index contributed by atoms with van der Waals surface area (Å²) in [6.45, 7) is 2.85. The van der Waals surface area contributed by atoms with Crippen LogP contribution in [0.2, 0.25) is 0 Å². The van der Waals surface area contributed by atoms with Crippen LogP contribution in [0.15, 0.2) is 30.3 Å². The van der Waals surface area contributed by atoms with Crippen molar-refractivity contribution in [1.82, 2.24) is 10.6 Å². The summed E-state index contributed by atoms with van der Waals surface area (Å²) < 4.78 is 0. The van der Waals surface area contributed by atoms with E-state index in [1.165, 1.54) is 6.92 Å². The van der Waals surface area contributed by atoms with E-state index in [0.29, 0.717) is 5.56 Å². The molecule has 0 aliphatic heterocycles. The minimum atomic E-state index is -0.536. The van der Waals surface area contributed by atoms with Crippen LogP contribution in [0, 0.1) is 0 Å². The van der Waals surface area contributed by atoms with Gasteiger partial charge in [-0.15, -0.1) is 0 Å². The minimum absolute atomic E-state index is 0.127. The average Bonchev–Trinajstić information content (AvgIpc) is 2.36. The van der Waals surface area contributed by atoms with Crippen LogP contribution >= 0.6 is 0 Å². The van der Waals surface area contributed by atoms with Crippen molar-refractivity contribution in [3.05, 3.63) is 35.9 Å². The fourth-order valence-corrected chi connectivity index (χ4v) is 1.25. The molecule has 0 aliphatic carbocycles. The lowest BCUT2D eigenvalue weighted by molar-refractivity contribution is -0.125. The molecule has 1 rings (SSSR count). The summed E-state index contributed by atoms with van der Waals surface area (Å²) in [5, 5.41) is 4.96. The number of Topliss-reactive ketones (excluding diaryl/α,β-unsaturated/α-hetero) is 1. The molecule has 96 valence electrons. The molecular formula is C13H16N2O3. The van der Waals surface area contributed by atoms with Gasteiger partial charge in [0.1, 0.15) is 0 Å². The predicted octanol–water partition coefficient (Wildman–Crippen LogP) is 0.510. The molecule has 0 bridgehead atoms. The van der Waals surface area contributed by atoms with Gasteiger partial charge in [0.15, 0.2) is 5.78 Å². The minimum Gasteiger partial charge on any atom is -0.345 e. The highest BCUT2D eigenvalue weighted by atomic mass is 16.2. The van der Waals surface area contributed by atoms with Crippen LogP contribution in [0.1, 0.15) is 24.2 Å². The molecule has 5 heteroatoms. The van der Waals surface area contributed by atoms with Crippen LogP contribution in [0.5, 0.6) is 0 Å². The number of carbonyl (C=O) groups is 3. The zero-order chi connectivity index (χ0) is 13.5. The van der Waals surface area contributed by atoms with E-state index in [2.05, 4.69) is 10.6 Å². The van der Waals surface area contributed by atoms with E-state index in [1.807, 2.05) is 0 Å². The molecule has 1 atom stereocenters. The predicted molar refractivity (Wildman–Crippen MR) is 67.1 cm³/mol. The van der Waals surface area contributed by atoms with Gasteiger partial charge in [-0.25, -0.2) is 0 Å². The maximum absolute atomic E-state index is 11.6. The standard InChI is InChI=1S/C13H16N2O3/c1-9(10(2)16)15-12(17)8-14-13(18)11-6-4-3-5-7-11/h3-7,9H,8H2,1-2H3,(H,14,18)(H,15,17). The third kappa shape index (κ3) is 4.37. The van der Waals surface area contributed by atoms with Gasteiger partial charge in [0.05, 0.1) is 12.6 Å². The zero-order valence-electron chi connectivity index (χ0n) is 10.4. The molecule has 2 amide bonds. The van der Waals surface area contributed by atoms with Gasteiger partial charge in [0.25, 0.3) is 5.91 Å². The van der Waals surface area contributed by atoms with Gasteiger partial charge in [-0.2, -0.15) is 0 Å². The first kappa shape index (κ1) is 13.9. The molecule has 1 aromatic rings. The van der Waals surface area contributed by atoms with Crippen molar-refractivity contribution < 1.29 is 14.4 Å². The first-order valence-corrected chi connectivity index (χ1v) is 5.63. The molecule has 1 aromatic carbocycles. The average molecular weight is 248 g/mol. The number of carbonyl (C=O) groups excluding carboxylic acids is 3. The van der Waals surface area contributed by atoms with Gasteiger partial charge < -0.3 is 10.6 Å². The van der Waals surface area contributed by atoms with Crippen molar-refractivity contribution in [2.24, 2.45) is 0 Å². The Labute approximate surface area is 106 Å². The lowest BCUT2D eigenvalue weighted by Gasteiger charge is -2.11. The largest absolute Gasteiger partial charge is 0.345 e. The van der Waals surface area contributed by atoms with Gasteiger partial charge in [-0.05, 0) is 26.0 Å². The summed E-state index contributed by atoms with van der Waals surface area (Å²) in [5.41, 5.74) is 0.491. The molecule has 18 heavy (non-hydrogen) atoms. The number of hydrogen-bond donors (Lipinski definition) is 2. The van der Waals surface area contributed by atoms with E-state index in [9.17, 15) is 14.4 Å². The van der Waals surface area contributed by atoms with Crippen molar-refractivity contribution in [1.29, 1.82) is 0 Å². The van der Waals surface area contributed by atoms with Crippen LogP contribution in [0.25, 0.3) is 0 Å². The fourth-order valence-electron chi connectivity index (χ4n) is 1.25. The van der Waals surface area contributed by atoms with Gasteiger partial charge >= 0.3 is 0 Å². The first-order valence-electron chi connectivity index (χ1n) is 5.63. The number of rotatable bonds is 5. The van der Waals surface area contributed by atoms with E-state index in [1.54, 1.807) is 37.3 Å². The summed E-state index contributed by atoms with van der Waals surface area (Å²) in [4.78, 5) is 34.0. The van der Waals surface area contributed by atoms with Crippen LogP contribution in [0.3, 0.4) is 0 Å². The quantitative estimate of drug-likeness (QED) is 0.797. The molecule has 2 N–H and O–H groups in total. The molecule has 0 aromatic heterocycles. The second-order valence-electron chi connectivity index (χ2n) is 3.95. The van der Waals surface area contributed by atoms with Gasteiger partial charge in [0, 0.05) is 5.56 Å². The van der Waals surface area contributed by atoms with Crippen molar-refractivity contribution >= 4 is 17.6 Å². The van der Waals surface area contributed by atoms with Crippen LogP contribution in [0.4, 0.5) is 0 Å². The Morgan fingerprint density at radius 3 is 2.33 bits per heavy atom. The molecule has 0 spiro atoms. The fraction of sp³-hybridized carbons (Fsp3) is 0.308.